The van der Waals surface area contributed by atoms with E-state index in [1.807, 2.05) is 26.0 Å². The maximum Gasteiger partial charge on any atom is 0.226 e. The van der Waals surface area contributed by atoms with Gasteiger partial charge < -0.3 is 5.32 Å². The summed E-state index contributed by atoms with van der Waals surface area (Å²) in [5.41, 5.74) is 2.17. The third-order valence-electron chi connectivity index (χ3n) is 2.80. The van der Waals surface area contributed by atoms with Crippen LogP contribution in [0.4, 0.5) is 5.69 Å². The van der Waals surface area contributed by atoms with E-state index >= 15 is 0 Å². The molecule has 0 aliphatic carbocycles. The van der Waals surface area contributed by atoms with Crippen molar-refractivity contribution in [3.63, 3.8) is 0 Å². The van der Waals surface area contributed by atoms with Crippen LogP contribution in [0.2, 0.25) is 0 Å². The molecule has 0 aliphatic rings. The van der Waals surface area contributed by atoms with Crippen LogP contribution in [0.15, 0.2) is 24.3 Å². The molecule has 0 spiro atoms. The molecule has 1 rings (SSSR count). The van der Waals surface area contributed by atoms with Gasteiger partial charge in [-0.3, -0.25) is 4.79 Å². The number of amides is 1. The van der Waals surface area contributed by atoms with Gasteiger partial charge in [0, 0.05) is 16.4 Å². The Bertz CT molecular complexity index is 373. The third kappa shape index (κ3) is 5.21. The number of rotatable bonds is 6. The smallest absolute Gasteiger partial charge is 0.226 e. The first-order valence-electron chi connectivity index (χ1n) is 6.56. The Balaban J connectivity index is 2.54. The zero-order valence-electron chi connectivity index (χ0n) is 11.4. The van der Waals surface area contributed by atoms with Gasteiger partial charge in [0.25, 0.3) is 0 Å². The summed E-state index contributed by atoms with van der Waals surface area (Å²) in [6.45, 7) is 5.98. The topological polar surface area (TPSA) is 29.1 Å². The lowest BCUT2D eigenvalue weighted by molar-refractivity contribution is -0.118. The summed E-state index contributed by atoms with van der Waals surface area (Å²) in [4.78, 5) is 12.1. The average molecular weight is 312 g/mol. The molecule has 1 amide bonds. The predicted octanol–water partition coefficient (Wildman–Crippen LogP) is 4.39. The summed E-state index contributed by atoms with van der Waals surface area (Å²) in [5, 5.41) is 2.90. The Morgan fingerprint density at radius 1 is 1.28 bits per heavy atom. The molecule has 0 heterocycles. The maximum atomic E-state index is 11.5. The van der Waals surface area contributed by atoms with Crippen LogP contribution in [-0.2, 0) is 11.2 Å². The molecule has 0 fully saturated rings. The molecular formula is C15H22BrNO. The SMILES string of the molecule is CCCC(Br)Cc1ccc(NC(=O)C(C)C)cc1. The van der Waals surface area contributed by atoms with Crippen LogP contribution in [-0.4, -0.2) is 10.7 Å². The molecule has 3 heteroatoms. The van der Waals surface area contributed by atoms with E-state index in [-0.39, 0.29) is 11.8 Å². The Hall–Kier alpha value is -0.830. The minimum Gasteiger partial charge on any atom is -0.326 e. The van der Waals surface area contributed by atoms with Crippen molar-refractivity contribution in [1.82, 2.24) is 0 Å². The summed E-state index contributed by atoms with van der Waals surface area (Å²) in [6.07, 6.45) is 3.41. The lowest BCUT2D eigenvalue weighted by atomic mass is 10.1. The van der Waals surface area contributed by atoms with Crippen LogP contribution in [0.1, 0.15) is 39.2 Å². The molecule has 2 nitrogen and oxygen atoms in total. The summed E-state index contributed by atoms with van der Waals surface area (Å²) < 4.78 is 0. The quantitative estimate of drug-likeness (QED) is 0.776. The van der Waals surface area contributed by atoms with E-state index in [1.165, 1.54) is 18.4 Å². The average Bonchev–Trinajstić information content (AvgIpc) is 2.31. The van der Waals surface area contributed by atoms with Gasteiger partial charge in [-0.1, -0.05) is 55.3 Å². The predicted molar refractivity (Wildman–Crippen MR) is 81.2 cm³/mol. The molecule has 18 heavy (non-hydrogen) atoms. The van der Waals surface area contributed by atoms with Crippen molar-refractivity contribution in [2.75, 3.05) is 5.32 Å². The molecule has 0 radical (unpaired) electrons. The van der Waals surface area contributed by atoms with Crippen LogP contribution >= 0.6 is 15.9 Å². The van der Waals surface area contributed by atoms with Gasteiger partial charge in [0.15, 0.2) is 0 Å². The monoisotopic (exact) mass is 311 g/mol. The van der Waals surface area contributed by atoms with E-state index in [0.29, 0.717) is 4.83 Å². The van der Waals surface area contributed by atoms with Gasteiger partial charge >= 0.3 is 0 Å². The number of carbonyl (C=O) groups excluding carboxylic acids is 1. The number of halogens is 1. The third-order valence-corrected chi connectivity index (χ3v) is 3.59. The number of hydrogen-bond acceptors (Lipinski definition) is 1. The standard InChI is InChI=1S/C15H22BrNO/c1-4-5-13(16)10-12-6-8-14(9-7-12)17-15(18)11(2)3/h6-9,11,13H,4-5,10H2,1-3H3,(H,17,18). The van der Waals surface area contributed by atoms with Crippen LogP contribution in [0.25, 0.3) is 0 Å². The van der Waals surface area contributed by atoms with Gasteiger partial charge in [-0.15, -0.1) is 0 Å². The Labute approximate surface area is 118 Å². The molecular weight excluding hydrogens is 290 g/mol. The highest BCUT2D eigenvalue weighted by Gasteiger charge is 2.07. The number of alkyl halides is 1. The van der Waals surface area contributed by atoms with Crippen molar-refractivity contribution in [2.24, 2.45) is 5.92 Å². The fourth-order valence-electron chi connectivity index (χ4n) is 1.68. The van der Waals surface area contributed by atoms with Crippen molar-refractivity contribution in [3.8, 4) is 0 Å². The minimum atomic E-state index is 0.0150. The molecule has 0 saturated heterocycles. The fraction of sp³-hybridized carbons (Fsp3) is 0.533. The summed E-state index contributed by atoms with van der Waals surface area (Å²) in [7, 11) is 0. The van der Waals surface area contributed by atoms with E-state index in [9.17, 15) is 4.79 Å². The van der Waals surface area contributed by atoms with Gasteiger partial charge in [0.2, 0.25) is 5.91 Å². The molecule has 100 valence electrons. The molecule has 1 aromatic rings. The minimum absolute atomic E-state index is 0.0150. The molecule has 0 aliphatic heterocycles. The van der Waals surface area contributed by atoms with Crippen molar-refractivity contribution < 1.29 is 4.79 Å². The normalized spacial score (nSPS) is 12.5. The second-order valence-electron chi connectivity index (χ2n) is 4.93. The lowest BCUT2D eigenvalue weighted by Crippen LogP contribution is -2.17. The second kappa shape index (κ2) is 7.57. The first-order valence-corrected chi connectivity index (χ1v) is 7.48. The van der Waals surface area contributed by atoms with Crippen LogP contribution in [0.5, 0.6) is 0 Å². The van der Waals surface area contributed by atoms with Crippen LogP contribution in [0, 0.1) is 5.92 Å². The Morgan fingerprint density at radius 3 is 2.39 bits per heavy atom. The van der Waals surface area contributed by atoms with Crippen molar-refractivity contribution >= 4 is 27.5 Å². The zero-order chi connectivity index (χ0) is 13.5. The van der Waals surface area contributed by atoms with Crippen LogP contribution < -0.4 is 5.32 Å². The highest BCUT2D eigenvalue weighted by Crippen LogP contribution is 2.17. The molecule has 0 saturated carbocycles. The van der Waals surface area contributed by atoms with Gasteiger partial charge in [0.05, 0.1) is 0 Å². The molecule has 1 unspecified atom stereocenters. The van der Waals surface area contributed by atoms with Gasteiger partial charge in [-0.25, -0.2) is 0 Å². The van der Waals surface area contributed by atoms with Crippen molar-refractivity contribution in [2.45, 2.75) is 44.9 Å². The summed E-state index contributed by atoms with van der Waals surface area (Å²) in [5.74, 6) is 0.0771. The van der Waals surface area contributed by atoms with Crippen molar-refractivity contribution in [1.29, 1.82) is 0 Å². The largest absolute Gasteiger partial charge is 0.326 e. The van der Waals surface area contributed by atoms with Gasteiger partial charge in [-0.2, -0.15) is 0 Å². The molecule has 1 atom stereocenters. The van der Waals surface area contributed by atoms with Crippen molar-refractivity contribution in [3.05, 3.63) is 29.8 Å². The molecule has 0 aromatic heterocycles. The first kappa shape index (κ1) is 15.2. The van der Waals surface area contributed by atoms with E-state index in [4.69, 9.17) is 0 Å². The van der Waals surface area contributed by atoms with E-state index in [2.05, 4.69) is 40.3 Å². The van der Waals surface area contributed by atoms with Gasteiger partial charge in [-0.05, 0) is 30.5 Å². The van der Waals surface area contributed by atoms with E-state index in [1.54, 1.807) is 0 Å². The fourth-order valence-corrected chi connectivity index (χ4v) is 2.51. The Morgan fingerprint density at radius 2 is 1.89 bits per heavy atom. The zero-order valence-corrected chi connectivity index (χ0v) is 13.0. The number of hydrogen-bond donors (Lipinski definition) is 1. The lowest BCUT2D eigenvalue weighted by Gasteiger charge is -2.10. The Kier molecular flexibility index (Phi) is 6.41. The summed E-state index contributed by atoms with van der Waals surface area (Å²) in [6, 6.07) is 8.11. The van der Waals surface area contributed by atoms with E-state index in [0.717, 1.165) is 12.1 Å². The number of benzene rings is 1. The maximum absolute atomic E-state index is 11.5. The second-order valence-corrected chi connectivity index (χ2v) is 6.23. The summed E-state index contributed by atoms with van der Waals surface area (Å²) >= 11 is 3.68. The molecule has 1 N–H and O–H groups in total. The first-order chi connectivity index (χ1) is 8.52. The highest BCUT2D eigenvalue weighted by atomic mass is 79.9. The number of anilines is 1. The number of nitrogens with one attached hydrogen (secondary N) is 1. The molecule has 1 aromatic carbocycles. The van der Waals surface area contributed by atoms with E-state index < -0.39 is 0 Å². The number of carbonyl (C=O) groups is 1. The van der Waals surface area contributed by atoms with Gasteiger partial charge in [0.1, 0.15) is 0 Å². The van der Waals surface area contributed by atoms with Crippen LogP contribution in [0.3, 0.4) is 0 Å². The molecule has 0 bridgehead atoms. The highest BCUT2D eigenvalue weighted by molar-refractivity contribution is 9.09.